The van der Waals surface area contributed by atoms with Crippen molar-refractivity contribution >= 4 is 34.9 Å². The number of amides is 1. The fourth-order valence-corrected chi connectivity index (χ4v) is 4.72. The number of ether oxygens (including phenoxy) is 1. The Hall–Kier alpha value is -2.12. The molecule has 2 aromatic heterocycles. The molecule has 0 N–H and O–H groups in total. The summed E-state index contributed by atoms with van der Waals surface area (Å²) < 4.78 is 7.50. The lowest BCUT2D eigenvalue weighted by Crippen LogP contribution is -2.38. The maximum Gasteiger partial charge on any atom is 0.410 e. The minimum atomic E-state index is -0.525. The van der Waals surface area contributed by atoms with Crippen LogP contribution in [0.4, 0.5) is 4.79 Å². The van der Waals surface area contributed by atoms with Gasteiger partial charge in [0, 0.05) is 35.0 Å². The van der Waals surface area contributed by atoms with Crippen LogP contribution in [0.3, 0.4) is 0 Å². The minimum Gasteiger partial charge on any atom is -0.445 e. The molecule has 8 heteroatoms. The van der Waals surface area contributed by atoms with Crippen LogP contribution in [0.25, 0.3) is 0 Å². The molecule has 0 saturated carbocycles. The Bertz CT molecular complexity index is 936. The highest BCUT2D eigenvalue weighted by Crippen LogP contribution is 2.30. The molecule has 3 heterocycles. The smallest absolute Gasteiger partial charge is 0.410 e. The Morgan fingerprint density at radius 2 is 2.00 bits per heavy atom. The number of likely N-dealkylation sites (tertiary alicyclic amines) is 1. The molecular formula is C23H30ClN3O3S. The van der Waals surface area contributed by atoms with Crippen LogP contribution in [0.5, 0.6) is 0 Å². The summed E-state index contributed by atoms with van der Waals surface area (Å²) in [5.74, 6) is 0.204. The number of aryl methyl sites for hydroxylation is 2. The quantitative estimate of drug-likeness (QED) is 0.525. The van der Waals surface area contributed by atoms with Crippen LogP contribution in [0.2, 0.25) is 4.34 Å². The Balaban J connectivity index is 1.73. The molecule has 0 aliphatic carbocycles. The number of nitrogens with zero attached hydrogens (tertiary/aromatic N) is 3. The average Bonchev–Trinajstić information content (AvgIpc) is 3.35. The number of aromatic nitrogens is 2. The zero-order valence-electron chi connectivity index (χ0n) is 18.4. The van der Waals surface area contributed by atoms with Gasteiger partial charge in [0.1, 0.15) is 6.61 Å². The third-order valence-corrected chi connectivity index (χ3v) is 6.68. The average molecular weight is 464 g/mol. The summed E-state index contributed by atoms with van der Waals surface area (Å²) in [5, 5.41) is 4.73. The number of hydrogen-bond donors (Lipinski definition) is 0. The van der Waals surface area contributed by atoms with Gasteiger partial charge in [-0.2, -0.15) is 5.10 Å². The molecule has 0 bridgehead atoms. The summed E-state index contributed by atoms with van der Waals surface area (Å²) in [6.07, 6.45) is 4.39. The molecule has 0 unspecified atom stereocenters. The molecule has 1 aliphatic heterocycles. The predicted molar refractivity (Wildman–Crippen MR) is 124 cm³/mol. The maximum absolute atomic E-state index is 13.0. The van der Waals surface area contributed by atoms with Crippen molar-refractivity contribution in [1.82, 2.24) is 14.7 Å². The van der Waals surface area contributed by atoms with Gasteiger partial charge in [0.25, 0.3) is 5.91 Å². The van der Waals surface area contributed by atoms with Crippen molar-refractivity contribution in [3.8, 4) is 0 Å². The predicted octanol–water partition coefficient (Wildman–Crippen LogP) is 5.57. The zero-order chi connectivity index (χ0) is 22.6. The summed E-state index contributed by atoms with van der Waals surface area (Å²) in [5.41, 5.74) is 1.32. The van der Waals surface area contributed by atoms with Crippen LogP contribution >= 0.6 is 22.9 Å². The van der Waals surface area contributed by atoms with Crippen LogP contribution in [0.1, 0.15) is 60.6 Å². The SMILES string of the molecule is C=CCOC(=O)N1CCC(c2cc(CCc3ccc(Cl)s3)n(C(=O)C(C)(C)C)n2)CC1. The summed E-state index contributed by atoms with van der Waals surface area (Å²) >= 11 is 7.62. The van der Waals surface area contributed by atoms with Crippen molar-refractivity contribution in [2.24, 2.45) is 5.41 Å². The lowest BCUT2D eigenvalue weighted by Gasteiger charge is -2.30. The highest BCUT2D eigenvalue weighted by molar-refractivity contribution is 7.16. The molecule has 168 valence electrons. The number of carbonyl (C=O) groups excluding carboxylic acids is 2. The van der Waals surface area contributed by atoms with E-state index in [1.54, 1.807) is 27.0 Å². The number of rotatable bonds is 6. The highest BCUT2D eigenvalue weighted by atomic mass is 35.5. The van der Waals surface area contributed by atoms with Gasteiger partial charge in [-0.05, 0) is 43.9 Å². The minimum absolute atomic E-state index is 0.0107. The van der Waals surface area contributed by atoms with Gasteiger partial charge in [0.15, 0.2) is 0 Å². The van der Waals surface area contributed by atoms with Gasteiger partial charge in [-0.3, -0.25) is 4.79 Å². The van der Waals surface area contributed by atoms with Gasteiger partial charge in [0.2, 0.25) is 0 Å². The third-order valence-electron chi connectivity index (χ3n) is 5.39. The van der Waals surface area contributed by atoms with Crippen molar-refractivity contribution in [3.63, 3.8) is 0 Å². The van der Waals surface area contributed by atoms with Crippen LogP contribution in [-0.4, -0.2) is 46.4 Å². The molecule has 1 aliphatic rings. The standard InChI is InChI=1S/C23H30ClN3O3S/c1-5-14-30-22(29)26-12-10-16(11-13-26)19-15-17(6-7-18-8-9-20(24)31-18)27(25-19)21(28)23(2,3)4/h5,8-9,15-16H,1,6-7,10-14H2,2-4H3. The van der Waals surface area contributed by atoms with Crippen molar-refractivity contribution in [3.05, 3.63) is 51.5 Å². The number of thiophene rings is 1. The van der Waals surface area contributed by atoms with E-state index in [4.69, 9.17) is 21.4 Å². The van der Waals surface area contributed by atoms with E-state index >= 15 is 0 Å². The Kier molecular flexibility index (Phi) is 7.59. The summed E-state index contributed by atoms with van der Waals surface area (Å²) in [6.45, 7) is 10.7. The van der Waals surface area contributed by atoms with Crippen molar-refractivity contribution in [2.45, 2.75) is 52.4 Å². The first-order chi connectivity index (χ1) is 14.7. The van der Waals surface area contributed by atoms with Gasteiger partial charge >= 0.3 is 6.09 Å². The highest BCUT2D eigenvalue weighted by Gasteiger charge is 2.30. The second-order valence-corrected chi connectivity index (χ2v) is 10.7. The van der Waals surface area contributed by atoms with E-state index < -0.39 is 5.41 Å². The Labute approximate surface area is 192 Å². The lowest BCUT2D eigenvalue weighted by molar-refractivity contribution is 0.0743. The van der Waals surface area contributed by atoms with E-state index in [0.29, 0.717) is 13.1 Å². The molecule has 6 nitrogen and oxygen atoms in total. The molecule has 1 saturated heterocycles. The summed E-state index contributed by atoms with van der Waals surface area (Å²) in [4.78, 5) is 28.0. The molecule has 0 aromatic carbocycles. The van der Waals surface area contributed by atoms with Gasteiger partial charge in [-0.15, -0.1) is 11.3 Å². The topological polar surface area (TPSA) is 64.4 Å². The molecule has 0 spiro atoms. The van der Waals surface area contributed by atoms with E-state index in [1.807, 2.05) is 32.9 Å². The summed E-state index contributed by atoms with van der Waals surface area (Å²) in [6, 6.07) is 6.00. The second kappa shape index (κ2) is 10.0. The normalized spacial score (nSPS) is 15.2. The van der Waals surface area contributed by atoms with Gasteiger partial charge in [-0.1, -0.05) is 45.0 Å². The van der Waals surface area contributed by atoms with Gasteiger partial charge in [-0.25, -0.2) is 9.48 Å². The molecular weight excluding hydrogens is 434 g/mol. The van der Waals surface area contributed by atoms with E-state index in [0.717, 1.165) is 41.4 Å². The van der Waals surface area contributed by atoms with Crippen LogP contribution in [-0.2, 0) is 17.6 Å². The molecule has 0 radical (unpaired) electrons. The zero-order valence-corrected chi connectivity index (χ0v) is 20.0. The third kappa shape index (κ3) is 5.98. The number of halogens is 1. The number of piperidine rings is 1. The molecule has 1 amide bonds. The second-order valence-electron chi connectivity index (χ2n) is 8.86. The fraction of sp³-hybridized carbons (Fsp3) is 0.522. The molecule has 2 aromatic rings. The molecule has 31 heavy (non-hydrogen) atoms. The number of carbonyl (C=O) groups is 2. The maximum atomic E-state index is 13.0. The van der Waals surface area contributed by atoms with Crippen LogP contribution in [0, 0.1) is 5.41 Å². The van der Waals surface area contributed by atoms with Crippen molar-refractivity contribution in [2.75, 3.05) is 19.7 Å². The Morgan fingerprint density at radius 1 is 1.29 bits per heavy atom. The van der Waals surface area contributed by atoms with Crippen LogP contribution < -0.4 is 0 Å². The largest absolute Gasteiger partial charge is 0.445 e. The summed E-state index contributed by atoms with van der Waals surface area (Å²) in [7, 11) is 0. The first-order valence-corrected chi connectivity index (χ1v) is 11.8. The number of hydrogen-bond acceptors (Lipinski definition) is 5. The Morgan fingerprint density at radius 3 is 2.58 bits per heavy atom. The van der Waals surface area contributed by atoms with E-state index in [-0.39, 0.29) is 24.5 Å². The van der Waals surface area contributed by atoms with E-state index in [1.165, 1.54) is 4.88 Å². The molecule has 3 rings (SSSR count). The van der Waals surface area contributed by atoms with Crippen molar-refractivity contribution < 1.29 is 14.3 Å². The van der Waals surface area contributed by atoms with Crippen LogP contribution in [0.15, 0.2) is 30.9 Å². The van der Waals surface area contributed by atoms with E-state index in [2.05, 4.69) is 12.6 Å². The molecule has 0 atom stereocenters. The van der Waals surface area contributed by atoms with Gasteiger partial charge < -0.3 is 9.64 Å². The monoisotopic (exact) mass is 463 g/mol. The fourth-order valence-electron chi connectivity index (χ4n) is 3.63. The van der Waals surface area contributed by atoms with E-state index in [9.17, 15) is 9.59 Å². The molecule has 1 fully saturated rings. The van der Waals surface area contributed by atoms with Crippen molar-refractivity contribution in [1.29, 1.82) is 0 Å². The lowest BCUT2D eigenvalue weighted by atomic mass is 9.93. The first kappa shape index (κ1) is 23.5. The first-order valence-electron chi connectivity index (χ1n) is 10.6. The van der Waals surface area contributed by atoms with Gasteiger partial charge in [0.05, 0.1) is 10.0 Å².